The Labute approximate surface area is 201 Å². The van der Waals surface area contributed by atoms with E-state index in [-0.39, 0.29) is 6.41 Å². The maximum atomic E-state index is 8.58. The van der Waals surface area contributed by atoms with Crippen molar-refractivity contribution in [3.63, 3.8) is 0 Å². The molecule has 7 heteroatoms. The van der Waals surface area contributed by atoms with Crippen molar-refractivity contribution in [1.29, 1.82) is 0 Å². The normalized spacial score (nSPS) is 10.7. The summed E-state index contributed by atoms with van der Waals surface area (Å²) in [5, 5.41) is 0. The second-order valence-corrected chi connectivity index (χ2v) is 7.16. The number of aromatic nitrogens is 2. The molecule has 7 nitrogen and oxygen atoms in total. The van der Waals surface area contributed by atoms with Crippen molar-refractivity contribution in [2.24, 2.45) is 22.4 Å². The van der Waals surface area contributed by atoms with E-state index in [1.165, 1.54) is 19.9 Å². The molecular weight excluding hydrogens is 414 g/mol. The largest absolute Gasteiger partial charge is 0.381 e. The van der Waals surface area contributed by atoms with Gasteiger partial charge in [0.05, 0.1) is 11.4 Å². The second kappa shape index (κ2) is 22.6. The number of nitrogens with zero attached hydrogens (tertiary/aromatic N) is 3. The van der Waals surface area contributed by atoms with E-state index in [1.807, 2.05) is 45.2 Å². The highest BCUT2D eigenvalue weighted by molar-refractivity contribution is 5.89. The van der Waals surface area contributed by atoms with Crippen LogP contribution in [0, 0.1) is 19.8 Å². The second-order valence-electron chi connectivity index (χ2n) is 7.16. The van der Waals surface area contributed by atoms with Gasteiger partial charge in [0.25, 0.3) is 0 Å². The molecule has 0 saturated carbocycles. The van der Waals surface area contributed by atoms with Gasteiger partial charge in [0.15, 0.2) is 0 Å². The Kier molecular flexibility index (Phi) is 22.2. The number of rotatable bonds is 9. The van der Waals surface area contributed by atoms with Gasteiger partial charge in [0.1, 0.15) is 5.82 Å². The number of nitrogens with two attached hydrogens (primary N) is 2. The zero-order chi connectivity index (χ0) is 25.5. The number of benzene rings is 1. The van der Waals surface area contributed by atoms with Crippen LogP contribution < -0.4 is 11.5 Å². The number of aryl methyl sites for hydroxylation is 2. The molecule has 1 aromatic carbocycles. The van der Waals surface area contributed by atoms with Crippen molar-refractivity contribution in [1.82, 2.24) is 9.97 Å². The van der Waals surface area contributed by atoms with Crippen LogP contribution in [0.4, 0.5) is 0 Å². The summed E-state index contributed by atoms with van der Waals surface area (Å²) >= 11 is 0. The summed E-state index contributed by atoms with van der Waals surface area (Å²) in [5.74, 6) is 1.62. The van der Waals surface area contributed by atoms with Crippen molar-refractivity contribution in [3.8, 4) is 11.3 Å². The number of aliphatic imine (C=N–C) groups is 1. The maximum absolute atomic E-state index is 8.58. The Morgan fingerprint density at radius 2 is 1.67 bits per heavy atom. The molecule has 0 saturated heterocycles. The van der Waals surface area contributed by atoms with Gasteiger partial charge in [-0.15, -0.1) is 0 Å². The van der Waals surface area contributed by atoms with E-state index in [4.69, 9.17) is 9.53 Å². The Morgan fingerprint density at radius 3 is 2.18 bits per heavy atom. The zero-order valence-corrected chi connectivity index (χ0v) is 21.7. The van der Waals surface area contributed by atoms with Crippen LogP contribution in [0.5, 0.6) is 0 Å². The molecule has 1 atom stereocenters. The summed E-state index contributed by atoms with van der Waals surface area (Å²) in [6.45, 7) is 15.2. The minimum absolute atomic E-state index is 0.250. The van der Waals surface area contributed by atoms with Crippen molar-refractivity contribution in [3.05, 3.63) is 47.4 Å². The maximum Gasteiger partial charge on any atom is 0.204 e. The molecule has 33 heavy (non-hydrogen) atoms. The van der Waals surface area contributed by atoms with Crippen LogP contribution in [0.25, 0.3) is 11.3 Å². The van der Waals surface area contributed by atoms with E-state index in [9.17, 15) is 0 Å². The van der Waals surface area contributed by atoms with Gasteiger partial charge in [-0.25, -0.2) is 9.97 Å². The fourth-order valence-electron chi connectivity index (χ4n) is 2.61. The van der Waals surface area contributed by atoms with E-state index in [2.05, 4.69) is 59.3 Å². The Hall–Kier alpha value is -2.64. The van der Waals surface area contributed by atoms with Crippen molar-refractivity contribution in [2.45, 2.75) is 60.8 Å². The molecule has 186 valence electrons. The van der Waals surface area contributed by atoms with Gasteiger partial charge in [-0.2, -0.15) is 0 Å². The highest BCUT2D eigenvalue weighted by Gasteiger charge is 2.10. The van der Waals surface area contributed by atoms with Crippen molar-refractivity contribution >= 4 is 12.6 Å². The number of primary amides is 1. The molecule has 0 radical (unpaired) electrons. The smallest absolute Gasteiger partial charge is 0.204 e. The van der Waals surface area contributed by atoms with Crippen molar-refractivity contribution < 1.29 is 9.53 Å². The zero-order valence-electron chi connectivity index (χ0n) is 21.7. The molecule has 2 aromatic rings. The molecule has 0 fully saturated rings. The topological polar surface area (TPSA) is 116 Å². The van der Waals surface area contributed by atoms with Crippen molar-refractivity contribution in [2.75, 3.05) is 26.8 Å². The Morgan fingerprint density at radius 1 is 1.06 bits per heavy atom. The third-order valence-corrected chi connectivity index (χ3v) is 4.50. The van der Waals surface area contributed by atoms with Gasteiger partial charge in [-0.3, -0.25) is 9.79 Å². The molecule has 4 N–H and O–H groups in total. The van der Waals surface area contributed by atoms with Gasteiger partial charge in [-0.05, 0) is 46.6 Å². The molecule has 0 bridgehead atoms. The standard InChI is InChI=1S/C15H17N3.C9H20O.CH3NO.CH5N/c1-4-16-10-14-11(2)17-12(3)18-15(14)13-8-6-5-7-9-13;1-4-7-10-8-6-9(3)5-2;2-1-3;1-2/h5-10H,4H2,1-3H3;9H,4-8H2,1-3H3;1H,(H2,2,3);2H2,1H3. The fourth-order valence-corrected chi connectivity index (χ4v) is 2.61. The molecule has 0 spiro atoms. The highest BCUT2D eigenvalue weighted by Crippen LogP contribution is 2.22. The fraction of sp³-hybridized carbons (Fsp3) is 0.538. The SMILES string of the molecule is CCCOCCC(C)CC.CCN=Cc1c(C)nc(C)nc1-c1ccccc1.CN.NC=O. The molecule has 1 aromatic heterocycles. The number of amides is 1. The quantitative estimate of drug-likeness (QED) is 0.319. The van der Waals surface area contributed by atoms with Crippen LogP contribution in [0.2, 0.25) is 0 Å². The molecule has 0 aliphatic carbocycles. The average Bonchev–Trinajstić information content (AvgIpc) is 2.83. The predicted octanol–water partition coefficient (Wildman–Crippen LogP) is 4.72. The van der Waals surface area contributed by atoms with E-state index in [0.29, 0.717) is 0 Å². The first-order valence-corrected chi connectivity index (χ1v) is 11.7. The number of hydrogen-bond acceptors (Lipinski definition) is 6. The first kappa shape index (κ1) is 32.5. The lowest BCUT2D eigenvalue weighted by Crippen LogP contribution is -2.02. The lowest BCUT2D eigenvalue weighted by Gasteiger charge is -2.09. The molecule has 0 aliphatic heterocycles. The van der Waals surface area contributed by atoms with Gasteiger partial charge in [0, 0.05) is 37.1 Å². The third kappa shape index (κ3) is 15.7. The van der Waals surface area contributed by atoms with Crippen LogP contribution in [0.3, 0.4) is 0 Å². The summed E-state index contributed by atoms with van der Waals surface area (Å²) in [5.41, 5.74) is 12.7. The number of ether oxygens (including phenoxy) is 1. The summed E-state index contributed by atoms with van der Waals surface area (Å²) in [4.78, 5) is 21.9. The molecular formula is C26H45N5O2. The average molecular weight is 460 g/mol. The van der Waals surface area contributed by atoms with Gasteiger partial charge < -0.3 is 16.2 Å². The monoisotopic (exact) mass is 459 g/mol. The third-order valence-electron chi connectivity index (χ3n) is 4.50. The Balaban J connectivity index is 0. The lowest BCUT2D eigenvalue weighted by molar-refractivity contribution is -0.106. The van der Waals surface area contributed by atoms with Crippen LogP contribution >= 0.6 is 0 Å². The van der Waals surface area contributed by atoms with Crippen LogP contribution in [-0.4, -0.2) is 49.4 Å². The highest BCUT2D eigenvalue weighted by atomic mass is 16.5. The minimum atomic E-state index is 0.250. The summed E-state index contributed by atoms with van der Waals surface area (Å²) in [7, 11) is 1.50. The molecule has 1 unspecified atom stereocenters. The van der Waals surface area contributed by atoms with E-state index < -0.39 is 0 Å². The Bertz CT molecular complexity index is 752. The first-order chi connectivity index (χ1) is 15.9. The number of carbonyl (C=O) groups excluding carboxylic acids is 1. The molecule has 1 heterocycles. The van der Waals surface area contributed by atoms with E-state index >= 15 is 0 Å². The minimum Gasteiger partial charge on any atom is -0.381 e. The summed E-state index contributed by atoms with van der Waals surface area (Å²) in [6, 6.07) is 10.2. The van der Waals surface area contributed by atoms with Gasteiger partial charge in [-0.1, -0.05) is 57.5 Å². The van der Waals surface area contributed by atoms with Crippen LogP contribution in [0.1, 0.15) is 64.0 Å². The van der Waals surface area contributed by atoms with Gasteiger partial charge in [0.2, 0.25) is 6.41 Å². The van der Waals surface area contributed by atoms with E-state index in [1.54, 1.807) is 0 Å². The van der Waals surface area contributed by atoms with Gasteiger partial charge >= 0.3 is 0 Å². The number of carbonyl (C=O) groups is 1. The summed E-state index contributed by atoms with van der Waals surface area (Å²) < 4.78 is 5.36. The van der Waals surface area contributed by atoms with E-state index in [0.717, 1.165) is 60.4 Å². The number of hydrogen-bond donors (Lipinski definition) is 2. The first-order valence-electron chi connectivity index (χ1n) is 11.7. The lowest BCUT2D eigenvalue weighted by atomic mass is 10.1. The molecule has 2 rings (SSSR count). The van der Waals surface area contributed by atoms with Crippen LogP contribution in [-0.2, 0) is 9.53 Å². The molecule has 0 aliphatic rings. The summed E-state index contributed by atoms with van der Waals surface area (Å²) in [6.07, 6.45) is 5.75. The molecule has 1 amide bonds. The predicted molar refractivity (Wildman–Crippen MR) is 141 cm³/mol. The van der Waals surface area contributed by atoms with Crippen LogP contribution in [0.15, 0.2) is 35.3 Å².